The third kappa shape index (κ3) is 4.21. The van der Waals surface area contributed by atoms with Crippen molar-refractivity contribution in [3.63, 3.8) is 0 Å². The number of hydrogen-bond acceptors (Lipinski definition) is 1. The number of para-hydroxylation sites is 2. The third-order valence-corrected chi connectivity index (χ3v) is 6.51. The highest BCUT2D eigenvalue weighted by Crippen LogP contribution is 2.41. The van der Waals surface area contributed by atoms with E-state index in [9.17, 15) is 0 Å². The van der Waals surface area contributed by atoms with Crippen LogP contribution in [0.4, 0.5) is 17.1 Å². The van der Waals surface area contributed by atoms with Crippen LogP contribution in [0, 0.1) is 0 Å². The minimum absolute atomic E-state index is 0.0903. The van der Waals surface area contributed by atoms with Gasteiger partial charge in [0.15, 0.2) is 0 Å². The minimum Gasteiger partial charge on any atom is -0.310 e. The molecule has 0 aliphatic heterocycles. The van der Waals surface area contributed by atoms with E-state index in [0.717, 1.165) is 12.8 Å². The predicted molar refractivity (Wildman–Crippen MR) is 138 cm³/mol. The van der Waals surface area contributed by atoms with E-state index in [1.807, 2.05) is 0 Å². The molecule has 0 saturated heterocycles. The second-order valence-corrected chi connectivity index (χ2v) is 8.84. The van der Waals surface area contributed by atoms with Gasteiger partial charge in [-0.15, -0.1) is 0 Å². The van der Waals surface area contributed by atoms with Crippen LogP contribution in [0.5, 0.6) is 0 Å². The van der Waals surface area contributed by atoms with E-state index < -0.39 is 0 Å². The Kier molecular flexibility index (Phi) is 6.46. The fraction of sp³-hybridized carbons (Fsp3) is 0.226. The number of benzene rings is 4. The van der Waals surface area contributed by atoms with Crippen LogP contribution < -0.4 is 4.90 Å². The number of anilines is 3. The smallest absolute Gasteiger partial charge is 0.0464 e. The zero-order chi connectivity index (χ0) is 22.6. The Bertz CT molecular complexity index is 1120. The van der Waals surface area contributed by atoms with Crippen LogP contribution in [-0.4, -0.2) is 0 Å². The van der Waals surface area contributed by atoms with Crippen LogP contribution in [0.1, 0.15) is 49.9 Å². The van der Waals surface area contributed by atoms with E-state index in [0.29, 0.717) is 0 Å². The molecule has 4 aromatic carbocycles. The molecule has 1 heteroatoms. The zero-order valence-corrected chi connectivity index (χ0v) is 19.7. The molecule has 0 fully saturated rings. The summed E-state index contributed by atoms with van der Waals surface area (Å²) in [7, 11) is 0. The molecule has 0 atom stereocenters. The van der Waals surface area contributed by atoms with Crippen LogP contribution in [0.15, 0.2) is 103 Å². The zero-order valence-electron chi connectivity index (χ0n) is 19.7. The van der Waals surface area contributed by atoms with Crippen molar-refractivity contribution < 1.29 is 0 Å². The van der Waals surface area contributed by atoms with Gasteiger partial charge in [-0.2, -0.15) is 0 Å². The highest BCUT2D eigenvalue weighted by atomic mass is 15.1. The quantitative estimate of drug-likeness (QED) is 0.290. The van der Waals surface area contributed by atoms with Gasteiger partial charge in [0.1, 0.15) is 0 Å². The lowest BCUT2D eigenvalue weighted by atomic mass is 9.73. The molecule has 0 saturated carbocycles. The largest absolute Gasteiger partial charge is 0.310 e. The Labute approximate surface area is 193 Å². The Morgan fingerprint density at radius 1 is 0.531 bits per heavy atom. The highest BCUT2D eigenvalue weighted by molar-refractivity contribution is 5.77. The second kappa shape index (κ2) is 9.44. The number of hydrogen-bond donors (Lipinski definition) is 0. The molecule has 0 radical (unpaired) electrons. The molecule has 0 aromatic heterocycles. The highest BCUT2D eigenvalue weighted by Gasteiger charge is 2.28. The second-order valence-electron chi connectivity index (χ2n) is 8.84. The summed E-state index contributed by atoms with van der Waals surface area (Å²) in [5.41, 5.74) is 9.08. The first-order valence-corrected chi connectivity index (χ1v) is 11.7. The Hall–Kier alpha value is -3.32. The van der Waals surface area contributed by atoms with Crippen LogP contribution in [0.25, 0.3) is 0 Å². The average Bonchev–Trinajstić information content (AvgIpc) is 2.85. The van der Waals surface area contributed by atoms with Gasteiger partial charge in [-0.25, -0.2) is 0 Å². The van der Waals surface area contributed by atoms with Crippen LogP contribution in [-0.2, 0) is 18.3 Å². The maximum absolute atomic E-state index is 2.41. The molecule has 162 valence electrons. The lowest BCUT2D eigenvalue weighted by molar-refractivity contribution is 0.624. The van der Waals surface area contributed by atoms with Crippen molar-refractivity contribution in [2.45, 2.75) is 46.0 Å². The summed E-state index contributed by atoms with van der Waals surface area (Å²) < 4.78 is 0. The van der Waals surface area contributed by atoms with Crippen molar-refractivity contribution in [3.05, 3.63) is 125 Å². The van der Waals surface area contributed by atoms with E-state index in [4.69, 9.17) is 0 Å². The third-order valence-electron chi connectivity index (χ3n) is 6.51. The maximum atomic E-state index is 2.41. The summed E-state index contributed by atoms with van der Waals surface area (Å²) in [6.45, 7) is 9.25. The van der Waals surface area contributed by atoms with Crippen LogP contribution in [0.2, 0.25) is 0 Å². The summed E-state index contributed by atoms with van der Waals surface area (Å²) >= 11 is 0. The molecule has 0 spiro atoms. The van der Waals surface area contributed by atoms with Gasteiger partial charge in [0.25, 0.3) is 0 Å². The van der Waals surface area contributed by atoms with Crippen LogP contribution >= 0.6 is 0 Å². The molecular formula is C31H33N. The van der Waals surface area contributed by atoms with Gasteiger partial charge < -0.3 is 4.90 Å². The lowest BCUT2D eigenvalue weighted by Crippen LogP contribution is -2.23. The van der Waals surface area contributed by atoms with Crippen molar-refractivity contribution >= 4 is 17.1 Å². The Morgan fingerprint density at radius 3 is 1.59 bits per heavy atom. The molecule has 0 aliphatic rings. The molecule has 4 rings (SSSR count). The van der Waals surface area contributed by atoms with Crippen molar-refractivity contribution in [1.29, 1.82) is 0 Å². The average molecular weight is 420 g/mol. The van der Waals surface area contributed by atoms with Crippen molar-refractivity contribution in [2.75, 3.05) is 4.90 Å². The normalized spacial score (nSPS) is 11.4. The molecular weight excluding hydrogens is 386 g/mol. The molecule has 0 bridgehead atoms. The molecule has 0 unspecified atom stereocenters. The summed E-state index contributed by atoms with van der Waals surface area (Å²) in [5, 5.41) is 0. The van der Waals surface area contributed by atoms with Gasteiger partial charge in [-0.05, 0) is 71.5 Å². The molecule has 0 N–H and O–H groups in total. The number of aryl methyl sites for hydroxylation is 2. The van der Waals surface area contributed by atoms with Crippen molar-refractivity contribution in [3.8, 4) is 0 Å². The van der Waals surface area contributed by atoms with Crippen LogP contribution in [0.3, 0.4) is 0 Å². The standard InChI is InChI=1S/C31H33N/c1-5-24-15-13-14-20-29(24)31(3,4)30-23-28(22-21-25(30)6-2)32(26-16-9-7-10-17-26)27-18-11-8-12-19-27/h7-23H,5-6H2,1-4H3. The number of rotatable bonds is 7. The molecule has 1 nitrogen and oxygen atoms in total. The molecule has 32 heavy (non-hydrogen) atoms. The molecule has 0 amide bonds. The minimum atomic E-state index is -0.0903. The lowest BCUT2D eigenvalue weighted by Gasteiger charge is -2.33. The van der Waals surface area contributed by atoms with Gasteiger partial charge in [-0.3, -0.25) is 0 Å². The van der Waals surface area contributed by atoms with Gasteiger partial charge in [-0.1, -0.05) is 94.4 Å². The Morgan fingerprint density at radius 2 is 1.03 bits per heavy atom. The van der Waals surface area contributed by atoms with E-state index >= 15 is 0 Å². The summed E-state index contributed by atoms with van der Waals surface area (Å²) in [6.07, 6.45) is 2.06. The monoisotopic (exact) mass is 419 g/mol. The molecule has 0 heterocycles. The van der Waals surface area contributed by atoms with E-state index in [-0.39, 0.29) is 5.41 Å². The van der Waals surface area contributed by atoms with E-state index in [2.05, 4.69) is 136 Å². The predicted octanol–water partition coefficient (Wildman–Crippen LogP) is 8.61. The maximum Gasteiger partial charge on any atom is 0.0464 e. The van der Waals surface area contributed by atoms with Gasteiger partial charge >= 0.3 is 0 Å². The van der Waals surface area contributed by atoms with Gasteiger partial charge in [0.05, 0.1) is 0 Å². The fourth-order valence-electron chi connectivity index (χ4n) is 4.78. The summed E-state index contributed by atoms with van der Waals surface area (Å²) in [5.74, 6) is 0. The Balaban J connectivity index is 1.90. The topological polar surface area (TPSA) is 3.24 Å². The summed E-state index contributed by atoms with van der Waals surface area (Å²) in [4.78, 5) is 2.35. The summed E-state index contributed by atoms with van der Waals surface area (Å²) in [6, 6.07) is 37.2. The van der Waals surface area contributed by atoms with Gasteiger partial charge in [0, 0.05) is 22.5 Å². The number of nitrogens with zero attached hydrogens (tertiary/aromatic N) is 1. The van der Waals surface area contributed by atoms with Crippen molar-refractivity contribution in [1.82, 2.24) is 0 Å². The first-order valence-electron chi connectivity index (χ1n) is 11.7. The first-order chi connectivity index (χ1) is 15.6. The van der Waals surface area contributed by atoms with Crippen molar-refractivity contribution in [2.24, 2.45) is 0 Å². The molecule has 4 aromatic rings. The van der Waals surface area contributed by atoms with E-state index in [1.165, 1.54) is 39.3 Å². The van der Waals surface area contributed by atoms with E-state index in [1.54, 1.807) is 0 Å². The fourth-order valence-corrected chi connectivity index (χ4v) is 4.78. The van der Waals surface area contributed by atoms with Gasteiger partial charge in [0.2, 0.25) is 0 Å². The SMILES string of the molecule is CCc1ccccc1C(C)(C)c1cc(N(c2ccccc2)c2ccccc2)ccc1CC. The first kappa shape index (κ1) is 21.9. The molecule has 0 aliphatic carbocycles.